The van der Waals surface area contributed by atoms with Crippen LogP contribution in [0.3, 0.4) is 0 Å². The predicted molar refractivity (Wildman–Crippen MR) is 97.8 cm³/mol. The summed E-state index contributed by atoms with van der Waals surface area (Å²) >= 11 is 0. The Hall–Kier alpha value is -1.11. The summed E-state index contributed by atoms with van der Waals surface area (Å²) in [5.41, 5.74) is 0.530. The second-order valence-corrected chi connectivity index (χ2v) is 6.82. The van der Waals surface area contributed by atoms with Gasteiger partial charge in [0.05, 0.1) is 6.04 Å². The molecule has 2 fully saturated rings. The average molecular weight is 356 g/mol. The number of aromatic nitrogens is 2. The van der Waals surface area contributed by atoms with Crippen molar-refractivity contribution in [3.8, 4) is 0 Å². The van der Waals surface area contributed by atoms with Crippen LogP contribution in [0.25, 0.3) is 0 Å². The lowest BCUT2D eigenvalue weighted by Crippen LogP contribution is -2.42. The van der Waals surface area contributed by atoms with Crippen LogP contribution in [0.5, 0.6) is 0 Å². The van der Waals surface area contributed by atoms with E-state index in [1.54, 1.807) is 0 Å². The Balaban J connectivity index is 0.00000208. The molecule has 0 aliphatic carbocycles. The molecule has 2 aliphatic rings. The van der Waals surface area contributed by atoms with Gasteiger partial charge >= 0.3 is 0 Å². The van der Waals surface area contributed by atoms with E-state index in [0.29, 0.717) is 24.3 Å². The van der Waals surface area contributed by atoms with E-state index >= 15 is 0 Å². The van der Waals surface area contributed by atoms with Crippen LogP contribution in [-0.2, 0) is 0 Å². The second kappa shape index (κ2) is 9.39. The molecule has 1 aromatic rings. The van der Waals surface area contributed by atoms with Crippen molar-refractivity contribution in [3.05, 3.63) is 18.0 Å². The lowest BCUT2D eigenvalue weighted by molar-refractivity contribution is 0.0932. The number of likely N-dealkylation sites (tertiary alicyclic amines) is 1. The van der Waals surface area contributed by atoms with Crippen molar-refractivity contribution >= 4 is 18.3 Å². The Bertz CT molecular complexity index is 515. The van der Waals surface area contributed by atoms with E-state index in [9.17, 15) is 4.79 Å². The Morgan fingerprint density at radius 1 is 1.38 bits per heavy atom. The van der Waals surface area contributed by atoms with Gasteiger partial charge in [-0.3, -0.25) is 14.4 Å². The Labute approximate surface area is 150 Å². The van der Waals surface area contributed by atoms with Crippen LogP contribution in [0, 0.1) is 0 Å². The minimum Gasteiger partial charge on any atom is -0.349 e. The second-order valence-electron chi connectivity index (χ2n) is 6.82. The van der Waals surface area contributed by atoms with Crippen LogP contribution in [0.4, 0.5) is 0 Å². The summed E-state index contributed by atoms with van der Waals surface area (Å²) in [6.45, 7) is 7.08. The normalized spacial score (nSPS) is 25.0. The smallest absolute Gasteiger partial charge is 0.271 e. The first-order chi connectivity index (χ1) is 11.2. The van der Waals surface area contributed by atoms with Gasteiger partial charge in [0.2, 0.25) is 0 Å². The zero-order valence-corrected chi connectivity index (χ0v) is 15.4. The highest BCUT2D eigenvalue weighted by molar-refractivity contribution is 5.92. The largest absolute Gasteiger partial charge is 0.349 e. The Kier molecular flexibility index (Phi) is 7.52. The number of rotatable bonds is 5. The van der Waals surface area contributed by atoms with E-state index in [4.69, 9.17) is 0 Å². The van der Waals surface area contributed by atoms with E-state index < -0.39 is 0 Å². The van der Waals surface area contributed by atoms with Crippen LogP contribution in [0.2, 0.25) is 0 Å². The molecule has 0 aromatic carbocycles. The molecule has 3 heterocycles. The van der Waals surface area contributed by atoms with Gasteiger partial charge in [0.15, 0.2) is 0 Å². The number of hydrogen-bond donors (Lipinski definition) is 2. The van der Waals surface area contributed by atoms with Crippen LogP contribution in [0.15, 0.2) is 12.3 Å². The van der Waals surface area contributed by atoms with Crippen molar-refractivity contribution in [2.75, 3.05) is 32.7 Å². The third-order valence-corrected chi connectivity index (χ3v) is 5.11. The molecule has 2 aliphatic heterocycles. The SMILES string of the molecule is CC1CCCCN1CCNC(=O)c1ccn(C2CCCNC2)n1.Cl. The lowest BCUT2D eigenvalue weighted by Gasteiger charge is -2.33. The van der Waals surface area contributed by atoms with E-state index in [1.807, 2.05) is 16.9 Å². The maximum absolute atomic E-state index is 12.2. The quantitative estimate of drug-likeness (QED) is 0.846. The molecule has 0 spiro atoms. The van der Waals surface area contributed by atoms with Gasteiger partial charge < -0.3 is 10.6 Å². The summed E-state index contributed by atoms with van der Waals surface area (Å²) in [5, 5.41) is 10.9. The summed E-state index contributed by atoms with van der Waals surface area (Å²) < 4.78 is 1.94. The zero-order chi connectivity index (χ0) is 16.1. The van der Waals surface area contributed by atoms with Crippen molar-refractivity contribution in [1.82, 2.24) is 25.3 Å². The first-order valence-electron chi connectivity index (χ1n) is 9.02. The van der Waals surface area contributed by atoms with Gasteiger partial charge in [0.25, 0.3) is 5.91 Å². The molecular formula is C17H30ClN5O. The number of hydrogen-bond acceptors (Lipinski definition) is 4. The third kappa shape index (κ3) is 4.94. The van der Waals surface area contributed by atoms with Gasteiger partial charge in [0.1, 0.15) is 5.69 Å². The predicted octanol–water partition coefficient (Wildman–Crippen LogP) is 1.83. The average Bonchev–Trinajstić information content (AvgIpc) is 3.07. The fourth-order valence-corrected chi connectivity index (χ4v) is 3.62. The van der Waals surface area contributed by atoms with Gasteiger partial charge in [-0.05, 0) is 51.8 Å². The highest BCUT2D eigenvalue weighted by atomic mass is 35.5. The summed E-state index contributed by atoms with van der Waals surface area (Å²) in [6, 6.07) is 2.84. The van der Waals surface area contributed by atoms with E-state index in [1.165, 1.54) is 25.7 Å². The van der Waals surface area contributed by atoms with Crippen molar-refractivity contribution in [3.63, 3.8) is 0 Å². The molecule has 24 heavy (non-hydrogen) atoms. The summed E-state index contributed by atoms with van der Waals surface area (Å²) in [7, 11) is 0. The Morgan fingerprint density at radius 2 is 2.25 bits per heavy atom. The van der Waals surface area contributed by atoms with Gasteiger partial charge in [-0.15, -0.1) is 12.4 Å². The molecule has 1 aromatic heterocycles. The fraction of sp³-hybridized carbons (Fsp3) is 0.765. The van der Waals surface area contributed by atoms with Crippen LogP contribution in [-0.4, -0.2) is 59.4 Å². The monoisotopic (exact) mass is 355 g/mol. The minimum atomic E-state index is -0.0582. The molecule has 1 amide bonds. The third-order valence-electron chi connectivity index (χ3n) is 5.11. The number of carbonyl (C=O) groups excluding carboxylic acids is 1. The first kappa shape index (κ1) is 19.2. The number of carbonyl (C=O) groups is 1. The fourth-order valence-electron chi connectivity index (χ4n) is 3.62. The van der Waals surface area contributed by atoms with E-state index in [2.05, 4.69) is 27.6 Å². The Morgan fingerprint density at radius 3 is 3.00 bits per heavy atom. The zero-order valence-electron chi connectivity index (χ0n) is 14.5. The lowest BCUT2D eigenvalue weighted by atomic mass is 10.0. The first-order valence-corrected chi connectivity index (χ1v) is 9.02. The van der Waals surface area contributed by atoms with E-state index in [-0.39, 0.29) is 18.3 Å². The summed E-state index contributed by atoms with van der Waals surface area (Å²) in [4.78, 5) is 14.7. The molecule has 7 heteroatoms. The molecule has 2 atom stereocenters. The highest BCUT2D eigenvalue weighted by Crippen LogP contribution is 2.16. The number of halogens is 1. The van der Waals surface area contributed by atoms with Crippen molar-refractivity contribution in [1.29, 1.82) is 0 Å². The van der Waals surface area contributed by atoms with Crippen molar-refractivity contribution < 1.29 is 4.79 Å². The molecule has 0 bridgehead atoms. The van der Waals surface area contributed by atoms with Gasteiger partial charge in [-0.2, -0.15) is 5.10 Å². The molecule has 0 radical (unpaired) electrons. The molecule has 136 valence electrons. The number of piperidine rings is 2. The maximum Gasteiger partial charge on any atom is 0.271 e. The van der Waals surface area contributed by atoms with Crippen LogP contribution in [0.1, 0.15) is 55.6 Å². The molecular weight excluding hydrogens is 326 g/mol. The topological polar surface area (TPSA) is 62.2 Å². The van der Waals surface area contributed by atoms with Crippen molar-refractivity contribution in [2.24, 2.45) is 0 Å². The molecule has 6 nitrogen and oxygen atoms in total. The van der Waals surface area contributed by atoms with Gasteiger partial charge in [-0.1, -0.05) is 6.42 Å². The number of nitrogens with zero attached hydrogens (tertiary/aromatic N) is 3. The molecule has 2 N–H and O–H groups in total. The molecule has 3 rings (SSSR count). The molecule has 0 saturated carbocycles. The standard InChI is InChI=1S/C17H29N5O.ClH/c1-14-5-2-3-10-21(14)12-9-19-17(23)16-7-11-22(20-16)15-6-4-8-18-13-15;/h7,11,14-15,18H,2-6,8-10,12-13H2,1H3,(H,19,23);1H. The maximum atomic E-state index is 12.2. The van der Waals surface area contributed by atoms with E-state index in [0.717, 1.165) is 32.6 Å². The van der Waals surface area contributed by atoms with Crippen LogP contribution < -0.4 is 10.6 Å². The molecule has 2 unspecified atom stereocenters. The van der Waals surface area contributed by atoms with Crippen LogP contribution >= 0.6 is 12.4 Å². The highest BCUT2D eigenvalue weighted by Gasteiger charge is 2.19. The summed E-state index contributed by atoms with van der Waals surface area (Å²) in [6.07, 6.45) is 8.10. The number of amides is 1. The summed E-state index contributed by atoms with van der Waals surface area (Å²) in [5.74, 6) is -0.0582. The minimum absolute atomic E-state index is 0. The van der Waals surface area contributed by atoms with Gasteiger partial charge in [0, 0.05) is 31.9 Å². The molecule has 2 saturated heterocycles. The van der Waals surface area contributed by atoms with Gasteiger partial charge in [-0.25, -0.2) is 0 Å². The number of nitrogens with one attached hydrogen (secondary N) is 2. The van der Waals surface area contributed by atoms with Crippen molar-refractivity contribution in [2.45, 2.75) is 51.1 Å².